The first-order valence-corrected chi connectivity index (χ1v) is 15.7. The Bertz CT molecular complexity index is 2150. The van der Waals surface area contributed by atoms with Gasteiger partial charge in [-0.05, 0) is 55.8 Å². The van der Waals surface area contributed by atoms with Gasteiger partial charge in [0, 0.05) is 43.7 Å². The number of hydrogen-bond acceptors (Lipinski definition) is 9. The Morgan fingerprint density at radius 1 is 1.00 bits per heavy atom. The normalized spacial score (nSPS) is 12.2. The molecule has 1 atom stereocenters. The highest BCUT2D eigenvalue weighted by Crippen LogP contribution is 2.25. The van der Waals surface area contributed by atoms with E-state index >= 15 is 4.39 Å². The summed E-state index contributed by atoms with van der Waals surface area (Å²) in [7, 11) is -3.06. The molecule has 49 heavy (non-hydrogen) atoms. The molecular formula is C31H30F2N6O9S. The van der Waals surface area contributed by atoms with E-state index in [4.69, 9.17) is 0 Å². The summed E-state index contributed by atoms with van der Waals surface area (Å²) in [4.78, 5) is 65.1. The summed E-state index contributed by atoms with van der Waals surface area (Å²) in [6.45, 7) is 2.57. The second-order valence-corrected chi connectivity index (χ2v) is 13.1. The van der Waals surface area contributed by atoms with E-state index in [2.05, 4.69) is 15.6 Å². The predicted octanol–water partition coefficient (Wildman–Crippen LogP) is 1.39. The van der Waals surface area contributed by atoms with Crippen LogP contribution in [-0.4, -0.2) is 63.2 Å². The fourth-order valence-electron chi connectivity index (χ4n) is 4.21. The lowest BCUT2D eigenvalue weighted by molar-refractivity contribution is -0.139. The van der Waals surface area contributed by atoms with Crippen molar-refractivity contribution in [2.45, 2.75) is 31.2 Å². The Kier molecular flexibility index (Phi) is 10.4. The average Bonchev–Trinajstić information content (AvgIpc) is 3.05. The van der Waals surface area contributed by atoms with E-state index in [0.717, 1.165) is 27.3 Å². The molecule has 5 N–H and O–H groups in total. The van der Waals surface area contributed by atoms with Crippen LogP contribution in [-0.2, 0) is 33.1 Å². The quantitative estimate of drug-likeness (QED) is 0.143. The van der Waals surface area contributed by atoms with Crippen LogP contribution in [0.1, 0.15) is 29.8 Å². The molecular weight excluding hydrogens is 670 g/mol. The zero-order valence-electron chi connectivity index (χ0n) is 26.1. The van der Waals surface area contributed by atoms with Crippen molar-refractivity contribution in [3.8, 4) is 5.82 Å². The summed E-state index contributed by atoms with van der Waals surface area (Å²) in [5, 5.41) is 23.6. The van der Waals surface area contributed by atoms with E-state index in [9.17, 15) is 47.0 Å². The number of anilines is 2. The van der Waals surface area contributed by atoms with E-state index in [-0.39, 0.29) is 28.4 Å². The van der Waals surface area contributed by atoms with Gasteiger partial charge in [0.1, 0.15) is 23.5 Å². The van der Waals surface area contributed by atoms with Crippen molar-refractivity contribution in [2.75, 3.05) is 16.6 Å². The summed E-state index contributed by atoms with van der Waals surface area (Å²) < 4.78 is 59.5. The highest BCUT2D eigenvalue weighted by Gasteiger charge is 2.28. The SMILES string of the molecule is Cn1ccc(=O)n(-c2ccc(C[C@H](NC(=O)c3cc(F)c(NS(=O)(=O)c4ccc(NC(=O)C(C)(C)CO)cc4)cc3F)C(=O)O)cn2)c1=O. The number of aliphatic hydroxyl groups is 1. The maximum Gasteiger partial charge on any atom is 0.336 e. The van der Waals surface area contributed by atoms with Crippen LogP contribution in [0.4, 0.5) is 20.2 Å². The van der Waals surface area contributed by atoms with Gasteiger partial charge in [-0.25, -0.2) is 36.3 Å². The third-order valence-electron chi connectivity index (χ3n) is 7.21. The number of rotatable bonds is 12. The topological polar surface area (TPSA) is 219 Å². The van der Waals surface area contributed by atoms with Crippen LogP contribution in [0.3, 0.4) is 0 Å². The predicted molar refractivity (Wildman–Crippen MR) is 171 cm³/mol. The number of aliphatic hydroxyl groups excluding tert-OH is 1. The van der Waals surface area contributed by atoms with Gasteiger partial charge >= 0.3 is 11.7 Å². The minimum Gasteiger partial charge on any atom is -0.480 e. The molecule has 0 saturated carbocycles. The molecule has 0 bridgehead atoms. The Morgan fingerprint density at radius 3 is 2.27 bits per heavy atom. The maximum absolute atomic E-state index is 15.0. The lowest BCUT2D eigenvalue weighted by Crippen LogP contribution is -2.42. The largest absolute Gasteiger partial charge is 0.480 e. The zero-order chi connectivity index (χ0) is 36.3. The number of halogens is 2. The first kappa shape index (κ1) is 36.1. The van der Waals surface area contributed by atoms with E-state index < -0.39 is 80.0 Å². The molecule has 0 radical (unpaired) electrons. The molecule has 0 fully saturated rings. The highest BCUT2D eigenvalue weighted by molar-refractivity contribution is 7.92. The minimum absolute atomic E-state index is 0.0389. The molecule has 15 nitrogen and oxygen atoms in total. The first-order chi connectivity index (χ1) is 22.9. The van der Waals surface area contributed by atoms with Gasteiger partial charge in [0.05, 0.1) is 28.2 Å². The number of pyridine rings is 1. The number of aliphatic carboxylic acids is 1. The Hall–Kier alpha value is -5.75. The summed E-state index contributed by atoms with van der Waals surface area (Å²) in [5.41, 5.74) is -3.72. The average molecular weight is 701 g/mol. The van der Waals surface area contributed by atoms with Crippen LogP contribution in [0.2, 0.25) is 0 Å². The van der Waals surface area contributed by atoms with Crippen LogP contribution >= 0.6 is 0 Å². The minimum atomic E-state index is -4.49. The van der Waals surface area contributed by atoms with Gasteiger partial charge in [-0.15, -0.1) is 0 Å². The molecule has 0 unspecified atom stereocenters. The van der Waals surface area contributed by atoms with Crippen LogP contribution < -0.4 is 26.6 Å². The molecule has 0 aliphatic heterocycles. The number of nitrogens with zero attached hydrogens (tertiary/aromatic N) is 3. The molecule has 2 aromatic heterocycles. The summed E-state index contributed by atoms with van der Waals surface area (Å²) in [6.07, 6.45) is 2.09. The van der Waals surface area contributed by atoms with Crippen molar-refractivity contribution in [3.05, 3.63) is 111 Å². The molecule has 258 valence electrons. The maximum atomic E-state index is 15.0. The number of nitrogens with one attached hydrogen (secondary N) is 3. The number of carbonyl (C=O) groups is 3. The number of carbonyl (C=O) groups excluding carboxylic acids is 2. The third-order valence-corrected chi connectivity index (χ3v) is 8.60. The van der Waals surface area contributed by atoms with Crippen LogP contribution in [0, 0.1) is 17.0 Å². The molecule has 4 aromatic rings. The Balaban J connectivity index is 1.47. The Morgan fingerprint density at radius 2 is 1.67 bits per heavy atom. The molecule has 0 spiro atoms. The third kappa shape index (κ3) is 8.22. The number of benzene rings is 2. The second kappa shape index (κ2) is 14.2. The number of carboxylic acids is 1. The lowest BCUT2D eigenvalue weighted by atomic mass is 9.93. The number of amides is 2. The van der Waals surface area contributed by atoms with Crippen molar-refractivity contribution < 1.29 is 41.8 Å². The molecule has 2 amide bonds. The summed E-state index contributed by atoms with van der Waals surface area (Å²) >= 11 is 0. The monoisotopic (exact) mass is 700 g/mol. The zero-order valence-corrected chi connectivity index (χ0v) is 26.9. The number of hydrogen-bond donors (Lipinski definition) is 5. The Labute approximate surface area is 276 Å². The molecule has 0 aliphatic carbocycles. The van der Waals surface area contributed by atoms with Crippen LogP contribution in [0.5, 0.6) is 0 Å². The number of aryl methyl sites for hydroxylation is 1. The molecule has 2 heterocycles. The van der Waals surface area contributed by atoms with Gasteiger partial charge in [0.15, 0.2) is 0 Å². The van der Waals surface area contributed by atoms with Gasteiger partial charge in [-0.2, -0.15) is 0 Å². The van der Waals surface area contributed by atoms with Gasteiger partial charge in [0.2, 0.25) is 5.91 Å². The van der Waals surface area contributed by atoms with Crippen molar-refractivity contribution in [1.82, 2.24) is 19.4 Å². The molecule has 2 aromatic carbocycles. The van der Waals surface area contributed by atoms with E-state index in [1.165, 1.54) is 57.6 Å². The number of sulfonamides is 1. The van der Waals surface area contributed by atoms with Crippen molar-refractivity contribution >= 4 is 39.2 Å². The number of carboxylic acid groups (broad SMARTS) is 1. The van der Waals surface area contributed by atoms with Gasteiger partial charge < -0.3 is 25.4 Å². The second-order valence-electron chi connectivity index (χ2n) is 11.4. The van der Waals surface area contributed by atoms with E-state index in [1.54, 1.807) is 0 Å². The summed E-state index contributed by atoms with van der Waals surface area (Å²) in [6, 6.07) is 7.67. The van der Waals surface area contributed by atoms with Gasteiger partial charge in [-0.1, -0.05) is 6.07 Å². The van der Waals surface area contributed by atoms with Crippen LogP contribution in [0.15, 0.2) is 81.5 Å². The fourth-order valence-corrected chi connectivity index (χ4v) is 5.27. The highest BCUT2D eigenvalue weighted by atomic mass is 32.2. The standard InChI is InChI=1S/C31H30F2N6O9S/c1-31(2,16-40)29(45)35-18-5-7-19(8-6-18)49(47,48)37-23-14-21(32)20(13-22(23)33)27(42)36-24(28(43)44)12-17-4-9-25(34-15-17)39-26(41)10-11-38(3)30(39)46/h4-11,13-15,24,37,40H,12,16H2,1-3H3,(H,35,45)(H,36,42)(H,43,44)/t24-/m0/s1. The van der Waals surface area contributed by atoms with Crippen LogP contribution in [0.25, 0.3) is 5.82 Å². The number of aromatic nitrogens is 3. The van der Waals surface area contributed by atoms with E-state index in [0.29, 0.717) is 12.1 Å². The van der Waals surface area contributed by atoms with Crippen molar-refractivity contribution in [2.24, 2.45) is 12.5 Å². The molecule has 0 aliphatic rings. The van der Waals surface area contributed by atoms with E-state index in [1.807, 2.05) is 4.72 Å². The summed E-state index contributed by atoms with van der Waals surface area (Å²) in [5.74, 6) is -6.13. The van der Waals surface area contributed by atoms with Gasteiger partial charge in [0.25, 0.3) is 21.5 Å². The lowest BCUT2D eigenvalue weighted by Gasteiger charge is -2.20. The molecule has 18 heteroatoms. The molecule has 4 rings (SSSR count). The smallest absolute Gasteiger partial charge is 0.336 e. The molecule has 0 saturated heterocycles. The first-order valence-electron chi connectivity index (χ1n) is 14.3. The van der Waals surface area contributed by atoms with Crippen molar-refractivity contribution in [1.29, 1.82) is 0 Å². The fraction of sp³-hybridized carbons (Fsp3) is 0.226. The van der Waals surface area contributed by atoms with Crippen molar-refractivity contribution in [3.63, 3.8) is 0 Å². The van der Waals surface area contributed by atoms with Gasteiger partial charge in [-0.3, -0.25) is 19.1 Å².